The lowest BCUT2D eigenvalue weighted by Gasteiger charge is -2.15. The van der Waals surface area contributed by atoms with Gasteiger partial charge in [-0.1, -0.05) is 30.3 Å². The van der Waals surface area contributed by atoms with E-state index in [0.29, 0.717) is 17.7 Å². The molecule has 4 nitrogen and oxygen atoms in total. The number of hydrogen-bond acceptors (Lipinski definition) is 4. The largest absolute Gasteiger partial charge is 0.489 e. The zero-order valence-corrected chi connectivity index (χ0v) is 11.6. The third-order valence-electron chi connectivity index (χ3n) is 3.53. The Morgan fingerprint density at radius 3 is 2.65 bits per heavy atom. The monoisotopic (exact) mass is 290 g/mol. The van der Waals surface area contributed by atoms with Gasteiger partial charge in [0.15, 0.2) is 16.1 Å². The Balaban J connectivity index is 1.98. The third kappa shape index (κ3) is 2.41. The highest BCUT2D eigenvalue weighted by atomic mass is 32.2. The van der Waals surface area contributed by atoms with Gasteiger partial charge in [0, 0.05) is 0 Å². The Morgan fingerprint density at radius 1 is 1.15 bits per heavy atom. The fourth-order valence-electron chi connectivity index (χ4n) is 2.53. The zero-order chi connectivity index (χ0) is 14.2. The van der Waals surface area contributed by atoms with Gasteiger partial charge < -0.3 is 4.74 Å². The second-order valence-electron chi connectivity index (χ2n) is 4.96. The van der Waals surface area contributed by atoms with E-state index in [0.717, 1.165) is 17.1 Å². The van der Waals surface area contributed by atoms with Crippen LogP contribution >= 0.6 is 0 Å². The molecule has 0 saturated carbocycles. The van der Waals surface area contributed by atoms with E-state index in [-0.39, 0.29) is 17.6 Å². The lowest BCUT2D eigenvalue weighted by Crippen LogP contribution is -2.18. The van der Waals surface area contributed by atoms with Gasteiger partial charge in [-0.25, -0.2) is 8.42 Å². The van der Waals surface area contributed by atoms with Crippen LogP contribution in [-0.2, 0) is 9.84 Å². The SMILES string of the molecule is O=Cc1c(OC2CCS(=O)(=O)C2)ccc2ccccc12. The van der Waals surface area contributed by atoms with Crippen molar-refractivity contribution in [2.24, 2.45) is 0 Å². The molecule has 0 spiro atoms. The number of carbonyl (C=O) groups is 1. The second kappa shape index (κ2) is 4.90. The smallest absolute Gasteiger partial charge is 0.154 e. The first-order valence-corrected chi connectivity index (χ1v) is 8.25. The van der Waals surface area contributed by atoms with E-state index in [1.165, 1.54) is 0 Å². The standard InChI is InChI=1S/C15H14O4S/c16-9-14-13-4-2-1-3-11(13)5-6-15(14)19-12-7-8-20(17,18)10-12/h1-6,9,12H,7-8,10H2. The lowest BCUT2D eigenvalue weighted by atomic mass is 10.0. The van der Waals surface area contributed by atoms with Gasteiger partial charge in [-0.3, -0.25) is 4.79 Å². The molecule has 5 heteroatoms. The van der Waals surface area contributed by atoms with Crippen molar-refractivity contribution in [3.05, 3.63) is 42.0 Å². The molecule has 104 valence electrons. The summed E-state index contributed by atoms with van der Waals surface area (Å²) in [6, 6.07) is 11.2. The van der Waals surface area contributed by atoms with Gasteiger partial charge in [0.2, 0.25) is 0 Å². The summed E-state index contributed by atoms with van der Waals surface area (Å²) in [5.74, 6) is 0.639. The minimum Gasteiger partial charge on any atom is -0.489 e. The van der Waals surface area contributed by atoms with Crippen LogP contribution < -0.4 is 4.74 Å². The molecule has 3 rings (SSSR count). The lowest BCUT2D eigenvalue weighted by molar-refractivity contribution is 0.111. The molecule has 0 aliphatic carbocycles. The molecular formula is C15H14O4S. The van der Waals surface area contributed by atoms with E-state index in [9.17, 15) is 13.2 Å². The second-order valence-corrected chi connectivity index (χ2v) is 7.19. The molecule has 20 heavy (non-hydrogen) atoms. The summed E-state index contributed by atoms with van der Waals surface area (Å²) < 4.78 is 28.6. The Bertz CT molecular complexity index is 765. The van der Waals surface area contributed by atoms with Crippen LogP contribution in [0.3, 0.4) is 0 Å². The zero-order valence-electron chi connectivity index (χ0n) is 10.8. The van der Waals surface area contributed by atoms with Gasteiger partial charge in [-0.2, -0.15) is 0 Å². The van der Waals surface area contributed by atoms with Crippen molar-refractivity contribution in [1.29, 1.82) is 0 Å². The van der Waals surface area contributed by atoms with Gasteiger partial charge in [0.25, 0.3) is 0 Å². The molecule has 1 aliphatic heterocycles. The molecule has 2 aromatic carbocycles. The molecule has 1 heterocycles. The molecule has 1 aliphatic rings. The van der Waals surface area contributed by atoms with Crippen molar-refractivity contribution < 1.29 is 17.9 Å². The number of carbonyl (C=O) groups excluding carboxylic acids is 1. The topological polar surface area (TPSA) is 60.4 Å². The van der Waals surface area contributed by atoms with Crippen molar-refractivity contribution in [3.8, 4) is 5.75 Å². The summed E-state index contributed by atoms with van der Waals surface area (Å²) in [5, 5.41) is 1.78. The van der Waals surface area contributed by atoms with Gasteiger partial charge in [-0.05, 0) is 23.3 Å². The van der Waals surface area contributed by atoms with E-state index < -0.39 is 9.84 Å². The summed E-state index contributed by atoms with van der Waals surface area (Å²) in [6.07, 6.45) is 0.883. The van der Waals surface area contributed by atoms with Gasteiger partial charge in [0.1, 0.15) is 11.9 Å². The highest BCUT2D eigenvalue weighted by Gasteiger charge is 2.30. The van der Waals surface area contributed by atoms with Crippen molar-refractivity contribution in [2.75, 3.05) is 11.5 Å². The molecule has 1 unspecified atom stereocenters. The predicted molar refractivity (Wildman–Crippen MR) is 77.0 cm³/mol. The van der Waals surface area contributed by atoms with Crippen LogP contribution in [0.2, 0.25) is 0 Å². The van der Waals surface area contributed by atoms with Crippen molar-refractivity contribution in [1.82, 2.24) is 0 Å². The fraction of sp³-hybridized carbons (Fsp3) is 0.267. The molecule has 0 bridgehead atoms. The van der Waals surface area contributed by atoms with Crippen LogP contribution in [0.5, 0.6) is 5.75 Å². The Morgan fingerprint density at radius 2 is 1.95 bits per heavy atom. The molecule has 1 saturated heterocycles. The van der Waals surface area contributed by atoms with E-state index in [1.807, 2.05) is 30.3 Å². The van der Waals surface area contributed by atoms with Gasteiger partial charge in [-0.15, -0.1) is 0 Å². The van der Waals surface area contributed by atoms with Crippen molar-refractivity contribution >= 4 is 26.9 Å². The summed E-state index contributed by atoms with van der Waals surface area (Å²) in [4.78, 5) is 11.3. The molecular weight excluding hydrogens is 276 g/mol. The van der Waals surface area contributed by atoms with Crippen LogP contribution in [0.1, 0.15) is 16.8 Å². The summed E-state index contributed by atoms with van der Waals surface area (Å²) in [7, 11) is -2.99. The minimum absolute atomic E-state index is 0.0259. The number of aldehydes is 1. The van der Waals surface area contributed by atoms with Crippen LogP contribution in [0, 0.1) is 0 Å². The maximum absolute atomic E-state index is 11.4. The number of benzene rings is 2. The van der Waals surface area contributed by atoms with E-state index in [2.05, 4.69) is 0 Å². The van der Waals surface area contributed by atoms with Gasteiger partial charge >= 0.3 is 0 Å². The first kappa shape index (κ1) is 13.1. The molecule has 1 atom stereocenters. The Hall–Kier alpha value is -1.88. The maximum atomic E-state index is 11.4. The third-order valence-corrected chi connectivity index (χ3v) is 5.27. The van der Waals surface area contributed by atoms with Crippen LogP contribution in [0.4, 0.5) is 0 Å². The van der Waals surface area contributed by atoms with Crippen molar-refractivity contribution in [2.45, 2.75) is 12.5 Å². The van der Waals surface area contributed by atoms with E-state index >= 15 is 0 Å². The molecule has 0 radical (unpaired) electrons. The van der Waals surface area contributed by atoms with Crippen LogP contribution in [0.15, 0.2) is 36.4 Å². The summed E-state index contributed by atoms with van der Waals surface area (Å²) >= 11 is 0. The normalized spacial score (nSPS) is 20.9. The Kier molecular flexibility index (Phi) is 3.22. The number of hydrogen-bond donors (Lipinski definition) is 0. The predicted octanol–water partition coefficient (Wildman–Crippen LogP) is 2.22. The average Bonchev–Trinajstić information content (AvgIpc) is 2.78. The molecule has 0 N–H and O–H groups in total. The number of sulfone groups is 1. The molecule has 0 amide bonds. The van der Waals surface area contributed by atoms with Crippen LogP contribution in [0.25, 0.3) is 10.8 Å². The molecule has 2 aromatic rings. The maximum Gasteiger partial charge on any atom is 0.154 e. The highest BCUT2D eigenvalue weighted by Crippen LogP contribution is 2.29. The van der Waals surface area contributed by atoms with E-state index in [4.69, 9.17) is 4.74 Å². The molecule has 0 aromatic heterocycles. The first-order chi connectivity index (χ1) is 9.59. The van der Waals surface area contributed by atoms with Crippen molar-refractivity contribution in [3.63, 3.8) is 0 Å². The quantitative estimate of drug-likeness (QED) is 0.813. The summed E-state index contributed by atoms with van der Waals surface area (Å²) in [6.45, 7) is 0. The summed E-state index contributed by atoms with van der Waals surface area (Å²) in [5.41, 5.74) is 0.479. The highest BCUT2D eigenvalue weighted by molar-refractivity contribution is 7.91. The molecule has 1 fully saturated rings. The van der Waals surface area contributed by atoms with E-state index in [1.54, 1.807) is 6.07 Å². The minimum atomic E-state index is -2.99. The number of fused-ring (bicyclic) bond motifs is 1. The van der Waals surface area contributed by atoms with Gasteiger partial charge in [0.05, 0.1) is 17.1 Å². The number of rotatable bonds is 3. The average molecular weight is 290 g/mol. The first-order valence-electron chi connectivity index (χ1n) is 6.43. The van der Waals surface area contributed by atoms with Crippen LogP contribution in [-0.4, -0.2) is 32.3 Å². The fourth-order valence-corrected chi connectivity index (χ4v) is 4.12. The number of ether oxygens (including phenoxy) is 1. The Labute approximate surface area is 117 Å².